The number of anilines is 1. The molecule has 4 rings (SSSR count). The van der Waals surface area contributed by atoms with Gasteiger partial charge >= 0.3 is 6.09 Å². The number of aromatic nitrogens is 2. The van der Waals surface area contributed by atoms with E-state index in [1.54, 1.807) is 21.9 Å². The predicted octanol–water partition coefficient (Wildman–Crippen LogP) is 2.80. The minimum absolute atomic E-state index is 0.137. The summed E-state index contributed by atoms with van der Waals surface area (Å²) >= 11 is 0. The van der Waals surface area contributed by atoms with E-state index in [4.69, 9.17) is 4.74 Å². The van der Waals surface area contributed by atoms with Gasteiger partial charge in [0.05, 0.1) is 6.54 Å². The van der Waals surface area contributed by atoms with Crippen molar-refractivity contribution in [3.63, 3.8) is 0 Å². The Kier molecular flexibility index (Phi) is 5.60. The van der Waals surface area contributed by atoms with Crippen LogP contribution in [-0.2, 0) is 17.7 Å². The Morgan fingerprint density at radius 1 is 1.03 bits per heavy atom. The third-order valence-electron chi connectivity index (χ3n) is 5.55. The molecule has 8 nitrogen and oxygen atoms in total. The molecule has 2 aliphatic rings. The number of nitrogens with one attached hydrogen (secondary N) is 1. The molecule has 31 heavy (non-hydrogen) atoms. The molecule has 2 aliphatic heterocycles. The first-order chi connectivity index (χ1) is 14.7. The lowest BCUT2D eigenvalue weighted by Gasteiger charge is -2.36. The zero-order valence-corrected chi connectivity index (χ0v) is 18.2. The molecule has 2 aromatic rings. The van der Waals surface area contributed by atoms with E-state index < -0.39 is 5.60 Å². The largest absolute Gasteiger partial charge is 0.444 e. The molecule has 0 atom stereocenters. The van der Waals surface area contributed by atoms with Gasteiger partial charge in [-0.05, 0) is 45.0 Å². The van der Waals surface area contributed by atoms with Crippen molar-refractivity contribution in [2.24, 2.45) is 0 Å². The van der Waals surface area contributed by atoms with Gasteiger partial charge in [0, 0.05) is 56.1 Å². The van der Waals surface area contributed by atoms with Crippen LogP contribution >= 0.6 is 0 Å². The number of H-pyrrole nitrogens is 1. The van der Waals surface area contributed by atoms with Crippen molar-refractivity contribution in [2.75, 3.05) is 37.6 Å². The first kappa shape index (κ1) is 21.1. The topological polar surface area (TPSA) is 81.8 Å². The molecule has 1 aromatic heterocycles. The molecule has 0 saturated carbocycles. The average molecular weight is 429 g/mol. The second-order valence-electron chi connectivity index (χ2n) is 8.94. The van der Waals surface area contributed by atoms with Gasteiger partial charge in [0.1, 0.15) is 11.4 Å². The van der Waals surface area contributed by atoms with E-state index in [1.165, 1.54) is 12.1 Å². The number of aromatic amines is 1. The van der Waals surface area contributed by atoms with Gasteiger partial charge in [0.2, 0.25) is 0 Å². The summed E-state index contributed by atoms with van der Waals surface area (Å²) in [4.78, 5) is 31.2. The molecular weight excluding hydrogens is 401 g/mol. The number of hydrogen-bond donors (Lipinski definition) is 1. The molecule has 2 amide bonds. The molecule has 3 heterocycles. The zero-order valence-electron chi connectivity index (χ0n) is 18.2. The third-order valence-corrected chi connectivity index (χ3v) is 5.55. The minimum atomic E-state index is -0.573. The van der Waals surface area contributed by atoms with E-state index in [9.17, 15) is 14.0 Å². The van der Waals surface area contributed by atoms with Crippen molar-refractivity contribution in [3.8, 4) is 0 Å². The molecule has 0 unspecified atom stereocenters. The fraction of sp³-hybridized carbons (Fsp3) is 0.500. The van der Waals surface area contributed by atoms with Crippen LogP contribution < -0.4 is 4.90 Å². The van der Waals surface area contributed by atoms with Gasteiger partial charge in [0.15, 0.2) is 5.69 Å². The molecule has 1 aromatic carbocycles. The maximum atomic E-state index is 13.2. The molecule has 9 heteroatoms. The van der Waals surface area contributed by atoms with Gasteiger partial charge < -0.3 is 19.4 Å². The number of halogens is 1. The Hall–Kier alpha value is -3.10. The Morgan fingerprint density at radius 2 is 1.71 bits per heavy atom. The highest BCUT2D eigenvalue weighted by atomic mass is 19.1. The highest BCUT2D eigenvalue weighted by Gasteiger charge is 2.32. The lowest BCUT2D eigenvalue weighted by Crippen LogP contribution is -2.49. The molecule has 0 bridgehead atoms. The maximum Gasteiger partial charge on any atom is 0.410 e. The first-order valence-corrected chi connectivity index (χ1v) is 10.5. The number of hydrogen-bond acceptors (Lipinski definition) is 5. The number of ether oxygens (including phenoxy) is 1. The number of benzene rings is 1. The summed E-state index contributed by atoms with van der Waals surface area (Å²) in [6.07, 6.45) is 0.221. The Balaban J connectivity index is 1.41. The average Bonchev–Trinajstić information content (AvgIpc) is 3.16. The van der Waals surface area contributed by atoms with E-state index in [2.05, 4.69) is 15.1 Å². The molecule has 166 valence electrons. The number of piperazine rings is 1. The van der Waals surface area contributed by atoms with Crippen LogP contribution in [-0.4, -0.2) is 70.3 Å². The van der Waals surface area contributed by atoms with Gasteiger partial charge in [-0.15, -0.1) is 0 Å². The normalized spacial score (nSPS) is 16.8. The first-order valence-electron chi connectivity index (χ1n) is 10.5. The van der Waals surface area contributed by atoms with Crippen LogP contribution in [0.25, 0.3) is 0 Å². The van der Waals surface area contributed by atoms with Crippen LogP contribution in [0.5, 0.6) is 0 Å². The summed E-state index contributed by atoms with van der Waals surface area (Å²) in [6.45, 7) is 8.74. The van der Waals surface area contributed by atoms with Crippen LogP contribution in [0.2, 0.25) is 0 Å². The minimum Gasteiger partial charge on any atom is -0.444 e. The van der Waals surface area contributed by atoms with Crippen molar-refractivity contribution < 1.29 is 18.7 Å². The smallest absolute Gasteiger partial charge is 0.410 e. The summed E-state index contributed by atoms with van der Waals surface area (Å²) in [5, 5.41) is 7.25. The molecule has 0 radical (unpaired) electrons. The lowest BCUT2D eigenvalue weighted by atomic mass is 10.0. The molecule has 1 fully saturated rings. The SMILES string of the molecule is CC(C)(C)OC(=O)N1CCc2[nH]nc(C(=O)N3CCN(c4ccc(F)cc4)CC3)c2C1. The van der Waals surface area contributed by atoms with Crippen LogP contribution in [0, 0.1) is 5.82 Å². The maximum absolute atomic E-state index is 13.2. The highest BCUT2D eigenvalue weighted by Crippen LogP contribution is 2.24. The summed E-state index contributed by atoms with van der Waals surface area (Å²) < 4.78 is 18.6. The van der Waals surface area contributed by atoms with Crippen LogP contribution in [0.4, 0.5) is 14.9 Å². The van der Waals surface area contributed by atoms with E-state index in [1.807, 2.05) is 20.8 Å². The number of rotatable bonds is 2. The number of amides is 2. The highest BCUT2D eigenvalue weighted by molar-refractivity contribution is 5.94. The standard InChI is InChI=1S/C22H28FN5O3/c1-22(2,3)31-21(30)28-9-8-18-17(14-28)19(25-24-18)20(29)27-12-10-26(11-13-27)16-6-4-15(23)5-7-16/h4-7H,8-14H2,1-3H3,(H,24,25). The van der Waals surface area contributed by atoms with Crippen LogP contribution in [0.15, 0.2) is 24.3 Å². The van der Waals surface area contributed by atoms with Gasteiger partial charge in [-0.25, -0.2) is 9.18 Å². The second kappa shape index (κ2) is 8.20. The van der Waals surface area contributed by atoms with E-state index in [0.29, 0.717) is 51.4 Å². The molecule has 0 aliphatic carbocycles. The number of carbonyl (C=O) groups is 2. The molecular formula is C22H28FN5O3. The van der Waals surface area contributed by atoms with Crippen molar-refractivity contribution in [1.82, 2.24) is 20.0 Å². The van der Waals surface area contributed by atoms with Crippen LogP contribution in [0.1, 0.15) is 42.5 Å². The molecule has 1 saturated heterocycles. The fourth-order valence-electron chi connectivity index (χ4n) is 3.92. The molecule has 1 N–H and O–H groups in total. The Bertz CT molecular complexity index is 959. The fourth-order valence-corrected chi connectivity index (χ4v) is 3.92. The number of carbonyl (C=O) groups excluding carboxylic acids is 2. The van der Waals surface area contributed by atoms with Gasteiger partial charge in [-0.1, -0.05) is 0 Å². The number of fused-ring (bicyclic) bond motifs is 1. The Morgan fingerprint density at radius 3 is 2.35 bits per heavy atom. The summed E-state index contributed by atoms with van der Waals surface area (Å²) in [7, 11) is 0. The van der Waals surface area contributed by atoms with Crippen molar-refractivity contribution in [2.45, 2.75) is 39.3 Å². The quantitative estimate of drug-likeness (QED) is 0.794. The van der Waals surface area contributed by atoms with E-state index >= 15 is 0 Å². The molecule has 0 spiro atoms. The summed E-state index contributed by atoms with van der Waals surface area (Å²) in [5.41, 5.74) is 2.41. The zero-order chi connectivity index (χ0) is 22.2. The number of nitrogens with zero attached hydrogens (tertiary/aromatic N) is 4. The van der Waals surface area contributed by atoms with Crippen molar-refractivity contribution in [1.29, 1.82) is 0 Å². The predicted molar refractivity (Wildman–Crippen MR) is 113 cm³/mol. The lowest BCUT2D eigenvalue weighted by molar-refractivity contribution is 0.0222. The van der Waals surface area contributed by atoms with Gasteiger partial charge in [-0.3, -0.25) is 9.89 Å². The van der Waals surface area contributed by atoms with Gasteiger partial charge in [-0.2, -0.15) is 5.10 Å². The summed E-state index contributed by atoms with van der Waals surface area (Å²) in [5.74, 6) is -0.399. The van der Waals surface area contributed by atoms with E-state index in [-0.39, 0.29) is 17.8 Å². The Labute approximate surface area is 180 Å². The monoisotopic (exact) mass is 429 g/mol. The summed E-state index contributed by atoms with van der Waals surface area (Å²) in [6, 6.07) is 6.39. The van der Waals surface area contributed by atoms with Crippen molar-refractivity contribution >= 4 is 17.7 Å². The van der Waals surface area contributed by atoms with Crippen LogP contribution in [0.3, 0.4) is 0 Å². The van der Waals surface area contributed by atoms with Crippen molar-refractivity contribution in [3.05, 3.63) is 47.0 Å². The van der Waals surface area contributed by atoms with E-state index in [0.717, 1.165) is 16.9 Å². The van der Waals surface area contributed by atoms with Gasteiger partial charge in [0.25, 0.3) is 5.91 Å². The third kappa shape index (κ3) is 4.65. The second-order valence-corrected chi connectivity index (χ2v) is 8.94.